The van der Waals surface area contributed by atoms with Crippen LogP contribution in [0.25, 0.3) is 71.7 Å². The first-order valence-corrected chi connectivity index (χ1v) is 20.3. The van der Waals surface area contributed by atoms with E-state index in [-0.39, 0.29) is 5.41 Å². The molecule has 0 amide bonds. The van der Waals surface area contributed by atoms with Crippen LogP contribution in [0, 0.1) is 5.41 Å². The molecule has 9 aromatic carbocycles. The third-order valence-corrected chi connectivity index (χ3v) is 12.0. The molecule has 0 atom stereocenters. The van der Waals surface area contributed by atoms with Crippen molar-refractivity contribution in [2.45, 2.75) is 19.3 Å². The van der Waals surface area contributed by atoms with Crippen molar-refractivity contribution in [2.75, 3.05) is 0 Å². The molecule has 280 valence electrons. The molecule has 59 heavy (non-hydrogen) atoms. The summed E-state index contributed by atoms with van der Waals surface area (Å²) in [5.41, 5.74) is 16.5. The van der Waals surface area contributed by atoms with Gasteiger partial charge in [0.05, 0.1) is 11.4 Å². The number of fused-ring (bicyclic) bond motifs is 6. The second-order valence-electron chi connectivity index (χ2n) is 15.9. The highest BCUT2D eigenvalue weighted by atomic mass is 14.7. The lowest BCUT2D eigenvalue weighted by Crippen LogP contribution is -2.16. The predicted molar refractivity (Wildman–Crippen MR) is 251 cm³/mol. The van der Waals surface area contributed by atoms with E-state index in [1.165, 1.54) is 66.2 Å². The third kappa shape index (κ3) is 6.49. The van der Waals surface area contributed by atoms with Crippen LogP contribution in [-0.2, 0) is 5.41 Å². The summed E-state index contributed by atoms with van der Waals surface area (Å²) in [6.45, 7) is 4.74. The van der Waals surface area contributed by atoms with Gasteiger partial charge in [0.25, 0.3) is 0 Å². The third-order valence-electron chi connectivity index (χ3n) is 12.0. The number of allylic oxidation sites excluding steroid dienone is 1. The molecule has 9 aromatic rings. The highest BCUT2D eigenvalue weighted by Crippen LogP contribution is 2.54. The molecule has 0 radical (unpaired) electrons. The van der Waals surface area contributed by atoms with E-state index in [9.17, 15) is 0 Å². The fraction of sp³-hybridized carbons (Fsp3) is 0.0526. The van der Waals surface area contributed by atoms with Crippen LogP contribution in [0.5, 0.6) is 0 Å². The van der Waals surface area contributed by atoms with Crippen LogP contribution in [-0.4, -0.2) is 11.9 Å². The minimum atomic E-state index is -0.125. The molecule has 1 N–H and O–H groups in total. The monoisotopic (exact) mass is 754 g/mol. The molecular formula is C57H42N2. The average molecular weight is 755 g/mol. The molecule has 0 aliphatic heterocycles. The number of rotatable bonds is 8. The number of hydrogen-bond donors (Lipinski definition) is 1. The Balaban J connectivity index is 0.994. The van der Waals surface area contributed by atoms with Crippen LogP contribution in [0.3, 0.4) is 0 Å². The van der Waals surface area contributed by atoms with E-state index in [2.05, 4.69) is 178 Å². The van der Waals surface area contributed by atoms with Gasteiger partial charge in [-0.25, -0.2) is 0 Å². The van der Waals surface area contributed by atoms with E-state index in [0.29, 0.717) is 5.71 Å². The molecule has 0 bridgehead atoms. The van der Waals surface area contributed by atoms with Gasteiger partial charge in [0.1, 0.15) is 0 Å². The first-order chi connectivity index (χ1) is 28.9. The molecule has 0 aromatic heterocycles. The molecule has 0 saturated heterocycles. The van der Waals surface area contributed by atoms with E-state index in [1.54, 1.807) is 0 Å². The number of hydrogen-bond acceptors (Lipinski definition) is 2. The van der Waals surface area contributed by atoms with Gasteiger partial charge < -0.3 is 5.41 Å². The zero-order valence-electron chi connectivity index (χ0n) is 33.2. The Morgan fingerprint density at radius 2 is 1.05 bits per heavy atom. The van der Waals surface area contributed by atoms with Gasteiger partial charge in [-0.05, 0) is 88.8 Å². The Morgan fingerprint density at radius 3 is 1.80 bits per heavy atom. The van der Waals surface area contributed by atoms with Gasteiger partial charge >= 0.3 is 0 Å². The number of benzene rings is 9. The summed E-state index contributed by atoms with van der Waals surface area (Å²) in [7, 11) is 0. The van der Waals surface area contributed by atoms with Crippen molar-refractivity contribution >= 4 is 39.2 Å². The maximum absolute atomic E-state index is 8.96. The van der Waals surface area contributed by atoms with Gasteiger partial charge in [-0.15, -0.1) is 0 Å². The summed E-state index contributed by atoms with van der Waals surface area (Å²) in [6.07, 6.45) is 3.81. The van der Waals surface area contributed by atoms with Crippen molar-refractivity contribution < 1.29 is 0 Å². The van der Waals surface area contributed by atoms with Gasteiger partial charge in [-0.2, -0.15) is 0 Å². The molecule has 1 aliphatic rings. The topological polar surface area (TPSA) is 36.2 Å². The van der Waals surface area contributed by atoms with E-state index in [0.717, 1.165) is 33.3 Å². The molecule has 0 heterocycles. The van der Waals surface area contributed by atoms with Gasteiger partial charge in [-0.1, -0.05) is 214 Å². The Bertz CT molecular complexity index is 3100. The second-order valence-corrected chi connectivity index (χ2v) is 15.9. The lowest BCUT2D eigenvalue weighted by molar-refractivity contribution is 0.662. The van der Waals surface area contributed by atoms with Gasteiger partial charge in [0.2, 0.25) is 0 Å². The van der Waals surface area contributed by atoms with Crippen LogP contribution in [0.1, 0.15) is 41.7 Å². The Kier molecular flexibility index (Phi) is 9.03. The average Bonchev–Trinajstić information content (AvgIpc) is 3.54. The van der Waals surface area contributed by atoms with Crippen LogP contribution < -0.4 is 0 Å². The number of nitrogens with one attached hydrogen (secondary N) is 1. The normalized spacial score (nSPS) is 13.2. The lowest BCUT2D eigenvalue weighted by Gasteiger charge is -2.24. The molecule has 2 heteroatoms. The first-order valence-electron chi connectivity index (χ1n) is 20.3. The Hall–Kier alpha value is -7.42. The number of aliphatic imine (C=N–C) groups is 1. The smallest absolute Gasteiger partial charge is 0.0723 e. The molecule has 0 unspecified atom stereocenters. The van der Waals surface area contributed by atoms with Crippen molar-refractivity contribution in [1.29, 1.82) is 5.41 Å². The zero-order chi connectivity index (χ0) is 39.9. The molecule has 1 aliphatic carbocycles. The van der Waals surface area contributed by atoms with Crippen molar-refractivity contribution in [2.24, 2.45) is 4.99 Å². The van der Waals surface area contributed by atoms with Crippen molar-refractivity contribution in [3.05, 3.63) is 234 Å². The highest BCUT2D eigenvalue weighted by molar-refractivity contribution is 6.12. The molecule has 2 nitrogen and oxygen atoms in total. The van der Waals surface area contributed by atoms with Gasteiger partial charge in [0.15, 0.2) is 0 Å². The van der Waals surface area contributed by atoms with Crippen molar-refractivity contribution in [1.82, 2.24) is 0 Å². The van der Waals surface area contributed by atoms with E-state index < -0.39 is 0 Å². The summed E-state index contributed by atoms with van der Waals surface area (Å²) >= 11 is 0. The summed E-state index contributed by atoms with van der Waals surface area (Å²) in [5, 5.41) is 13.9. The SMILES string of the molecule is CC1(C)c2ccc3ccccc3c2-c2cccc(-c3ccc(-c4ccc(C=N/C(=C\C(=N)c5ccccc5)c5ccc(-c6ccccc6)cc5)c5ccccc45)cc3)c21. The first kappa shape index (κ1) is 36.0. The van der Waals surface area contributed by atoms with Crippen molar-refractivity contribution in [3.63, 3.8) is 0 Å². The van der Waals surface area contributed by atoms with Crippen LogP contribution in [0.4, 0.5) is 0 Å². The predicted octanol–water partition coefficient (Wildman–Crippen LogP) is 14.8. The summed E-state index contributed by atoms with van der Waals surface area (Å²) in [5.74, 6) is 0. The molecule has 10 rings (SSSR count). The highest BCUT2D eigenvalue weighted by Gasteiger charge is 2.38. The minimum absolute atomic E-state index is 0.125. The molecule has 0 saturated carbocycles. The lowest BCUT2D eigenvalue weighted by atomic mass is 9.78. The van der Waals surface area contributed by atoms with Crippen molar-refractivity contribution in [3.8, 4) is 44.5 Å². The van der Waals surface area contributed by atoms with Crippen LogP contribution in [0.15, 0.2) is 211 Å². The maximum Gasteiger partial charge on any atom is 0.0723 e. The van der Waals surface area contributed by atoms with E-state index in [1.807, 2.05) is 48.7 Å². The number of nitrogens with zero attached hydrogens (tertiary/aromatic N) is 1. The van der Waals surface area contributed by atoms with Crippen LogP contribution in [0.2, 0.25) is 0 Å². The fourth-order valence-electron chi connectivity index (χ4n) is 9.04. The molecular weight excluding hydrogens is 713 g/mol. The quantitative estimate of drug-likeness (QED) is 0.150. The van der Waals surface area contributed by atoms with E-state index in [4.69, 9.17) is 10.4 Å². The van der Waals surface area contributed by atoms with Crippen LogP contribution >= 0.6 is 0 Å². The standard InChI is InChI=1S/C57H42N2/c1-57(2)52-35-33-40-16-9-10-20-48(40)55(52)51-23-13-22-49(56(51)57)42-28-26-41(27-29-42)47-34-32-45(46-19-11-12-21-50(46)47)37-59-54(36-53(58)43-17-7-4-8-18-43)44-30-24-39(25-31-44)38-14-5-3-6-15-38/h3-37,58H,1-2H3/b54-36-,58-53?,59-37?. The summed E-state index contributed by atoms with van der Waals surface area (Å²) < 4.78 is 0. The summed E-state index contributed by atoms with van der Waals surface area (Å²) in [4.78, 5) is 5.10. The summed E-state index contributed by atoms with van der Waals surface area (Å²) in [6, 6.07) is 70.9. The van der Waals surface area contributed by atoms with Gasteiger partial charge in [-0.3, -0.25) is 4.99 Å². The largest absolute Gasteiger partial charge is 0.300 e. The Labute approximate surface area is 346 Å². The van der Waals surface area contributed by atoms with E-state index >= 15 is 0 Å². The van der Waals surface area contributed by atoms with Gasteiger partial charge in [0, 0.05) is 22.8 Å². The minimum Gasteiger partial charge on any atom is -0.300 e. The molecule has 0 spiro atoms. The fourth-order valence-corrected chi connectivity index (χ4v) is 9.04. The second kappa shape index (κ2) is 14.8. The molecule has 0 fully saturated rings. The Morgan fingerprint density at radius 1 is 0.458 bits per heavy atom. The zero-order valence-corrected chi connectivity index (χ0v) is 33.2. The maximum atomic E-state index is 8.96.